The molecule has 0 aromatic carbocycles. The van der Waals surface area contributed by atoms with Crippen molar-refractivity contribution >= 4 is 29.6 Å². The molecule has 6 nitrogen and oxygen atoms in total. The van der Waals surface area contributed by atoms with Gasteiger partial charge in [0.05, 0.1) is 0 Å². The number of piperidine rings is 1. The van der Waals surface area contributed by atoms with Gasteiger partial charge in [0, 0.05) is 48.7 Å². The molecule has 0 aliphatic carbocycles. The monoisotopic (exact) mass is 341 g/mol. The van der Waals surface area contributed by atoms with Crippen LogP contribution >= 0.6 is 23.5 Å². The Bertz CT molecular complexity index is 456. The second-order valence-corrected chi connectivity index (χ2v) is 8.36. The number of carbonyl (C=O) groups is 1. The van der Waals surface area contributed by atoms with E-state index < -0.39 is 0 Å². The third-order valence-electron chi connectivity index (χ3n) is 4.18. The standard InChI is InChI=1S/C14H23N5OS2/c20-14(16-7-13-9-21-5-6-22-13)18-3-1-12(2-4-18)8-19-11-15-10-17-19/h10-13H,1-9H2,(H,16,20)/t13-/m0/s1. The predicted molar refractivity (Wildman–Crippen MR) is 91.3 cm³/mol. The summed E-state index contributed by atoms with van der Waals surface area (Å²) in [5, 5.41) is 7.84. The van der Waals surface area contributed by atoms with Crippen LogP contribution in [-0.4, -0.2) is 67.8 Å². The molecule has 122 valence electrons. The molecule has 3 heterocycles. The fourth-order valence-electron chi connectivity index (χ4n) is 2.88. The number of hydrogen-bond donors (Lipinski definition) is 1. The van der Waals surface area contributed by atoms with Crippen LogP contribution < -0.4 is 5.32 Å². The van der Waals surface area contributed by atoms with Crippen LogP contribution in [0, 0.1) is 5.92 Å². The second-order valence-electron chi connectivity index (χ2n) is 5.80. The average molecular weight is 342 g/mol. The van der Waals surface area contributed by atoms with E-state index in [9.17, 15) is 4.79 Å². The maximum Gasteiger partial charge on any atom is 0.317 e. The average Bonchev–Trinajstić information content (AvgIpc) is 3.07. The first-order valence-corrected chi connectivity index (χ1v) is 10.1. The SMILES string of the molecule is O=C(NC[C@H]1CSCCS1)N1CCC(Cn2cncn2)CC1. The van der Waals surface area contributed by atoms with Crippen LogP contribution in [-0.2, 0) is 6.54 Å². The number of rotatable bonds is 4. The van der Waals surface area contributed by atoms with Crippen LogP contribution in [0.15, 0.2) is 12.7 Å². The quantitative estimate of drug-likeness (QED) is 0.900. The van der Waals surface area contributed by atoms with E-state index in [1.807, 2.05) is 33.1 Å². The Balaban J connectivity index is 1.36. The number of nitrogens with zero attached hydrogens (tertiary/aromatic N) is 4. The van der Waals surface area contributed by atoms with Crippen LogP contribution in [0.2, 0.25) is 0 Å². The van der Waals surface area contributed by atoms with Gasteiger partial charge in [0.1, 0.15) is 12.7 Å². The van der Waals surface area contributed by atoms with Gasteiger partial charge >= 0.3 is 6.03 Å². The number of hydrogen-bond acceptors (Lipinski definition) is 5. The normalized spacial score (nSPS) is 23.5. The molecule has 2 aliphatic rings. The predicted octanol–water partition coefficient (Wildman–Crippen LogP) is 1.55. The van der Waals surface area contributed by atoms with Gasteiger partial charge in [-0.05, 0) is 18.8 Å². The van der Waals surface area contributed by atoms with E-state index in [0.29, 0.717) is 11.2 Å². The number of likely N-dealkylation sites (tertiary alicyclic amines) is 1. The highest BCUT2D eigenvalue weighted by Crippen LogP contribution is 2.23. The molecule has 2 saturated heterocycles. The summed E-state index contributed by atoms with van der Waals surface area (Å²) < 4.78 is 1.89. The van der Waals surface area contributed by atoms with Crippen LogP contribution in [0.1, 0.15) is 12.8 Å². The highest BCUT2D eigenvalue weighted by Gasteiger charge is 2.24. The molecule has 1 aromatic rings. The topological polar surface area (TPSA) is 63.1 Å². The Morgan fingerprint density at radius 3 is 2.86 bits per heavy atom. The Morgan fingerprint density at radius 1 is 1.32 bits per heavy atom. The summed E-state index contributed by atoms with van der Waals surface area (Å²) in [6, 6.07) is 0.107. The maximum atomic E-state index is 12.2. The van der Waals surface area contributed by atoms with Gasteiger partial charge in [-0.3, -0.25) is 4.68 Å². The first kappa shape index (κ1) is 16.0. The molecule has 2 amide bonds. The zero-order valence-corrected chi connectivity index (χ0v) is 14.3. The summed E-state index contributed by atoms with van der Waals surface area (Å²) in [5.41, 5.74) is 0. The molecule has 8 heteroatoms. The molecule has 0 spiro atoms. The van der Waals surface area contributed by atoms with Gasteiger partial charge in [0.15, 0.2) is 0 Å². The minimum atomic E-state index is 0.107. The third-order valence-corrected chi connectivity index (χ3v) is 7.02. The van der Waals surface area contributed by atoms with E-state index in [2.05, 4.69) is 15.4 Å². The lowest BCUT2D eigenvalue weighted by atomic mass is 9.97. The molecular weight excluding hydrogens is 318 g/mol. The fraction of sp³-hybridized carbons (Fsp3) is 0.786. The zero-order chi connectivity index (χ0) is 15.2. The van der Waals surface area contributed by atoms with Gasteiger partial charge in [-0.1, -0.05) is 0 Å². The van der Waals surface area contributed by atoms with Crippen LogP contribution in [0.4, 0.5) is 4.79 Å². The molecule has 3 rings (SSSR count). The van der Waals surface area contributed by atoms with E-state index in [-0.39, 0.29) is 6.03 Å². The van der Waals surface area contributed by atoms with Crippen LogP contribution in [0.25, 0.3) is 0 Å². The van der Waals surface area contributed by atoms with Crippen molar-refractivity contribution in [1.82, 2.24) is 25.0 Å². The van der Waals surface area contributed by atoms with E-state index in [1.54, 1.807) is 12.7 Å². The largest absolute Gasteiger partial charge is 0.337 e. The second kappa shape index (κ2) is 8.10. The van der Waals surface area contributed by atoms with Crippen molar-refractivity contribution in [3.63, 3.8) is 0 Å². The molecule has 0 saturated carbocycles. The molecule has 2 fully saturated rings. The Kier molecular flexibility index (Phi) is 5.89. The van der Waals surface area contributed by atoms with Gasteiger partial charge in [0.2, 0.25) is 0 Å². The van der Waals surface area contributed by atoms with Gasteiger partial charge in [0.25, 0.3) is 0 Å². The minimum absolute atomic E-state index is 0.107. The molecule has 1 atom stereocenters. The number of nitrogens with one attached hydrogen (secondary N) is 1. The molecule has 0 bridgehead atoms. The van der Waals surface area contributed by atoms with Gasteiger partial charge in [-0.15, -0.1) is 0 Å². The van der Waals surface area contributed by atoms with Crippen molar-refractivity contribution in [3.8, 4) is 0 Å². The van der Waals surface area contributed by atoms with Gasteiger partial charge in [-0.25, -0.2) is 9.78 Å². The molecule has 1 aromatic heterocycles. The smallest absolute Gasteiger partial charge is 0.317 e. The van der Waals surface area contributed by atoms with Crippen LogP contribution in [0.5, 0.6) is 0 Å². The molecule has 1 N–H and O–H groups in total. The lowest BCUT2D eigenvalue weighted by molar-refractivity contribution is 0.164. The van der Waals surface area contributed by atoms with Crippen molar-refractivity contribution in [3.05, 3.63) is 12.7 Å². The van der Waals surface area contributed by atoms with Crippen molar-refractivity contribution in [2.24, 2.45) is 5.92 Å². The molecule has 0 unspecified atom stereocenters. The van der Waals surface area contributed by atoms with Crippen molar-refractivity contribution in [2.45, 2.75) is 24.6 Å². The summed E-state index contributed by atoms with van der Waals surface area (Å²) in [4.78, 5) is 18.2. The van der Waals surface area contributed by atoms with E-state index in [4.69, 9.17) is 0 Å². The van der Waals surface area contributed by atoms with Gasteiger partial charge < -0.3 is 10.2 Å². The zero-order valence-electron chi connectivity index (χ0n) is 12.7. The number of thioether (sulfide) groups is 2. The highest BCUT2D eigenvalue weighted by molar-refractivity contribution is 8.06. The van der Waals surface area contributed by atoms with Crippen molar-refractivity contribution in [1.29, 1.82) is 0 Å². The van der Waals surface area contributed by atoms with E-state index in [1.165, 1.54) is 11.5 Å². The molecule has 2 aliphatic heterocycles. The lowest BCUT2D eigenvalue weighted by Crippen LogP contribution is -2.46. The van der Waals surface area contributed by atoms with Crippen LogP contribution in [0.3, 0.4) is 0 Å². The van der Waals surface area contributed by atoms with Gasteiger partial charge in [-0.2, -0.15) is 28.6 Å². The summed E-state index contributed by atoms with van der Waals surface area (Å²) in [5.74, 6) is 4.20. The molecular formula is C14H23N5OS2. The summed E-state index contributed by atoms with van der Waals surface area (Å²) >= 11 is 3.98. The Morgan fingerprint density at radius 2 is 2.18 bits per heavy atom. The molecule has 0 radical (unpaired) electrons. The minimum Gasteiger partial charge on any atom is -0.337 e. The summed E-state index contributed by atoms with van der Waals surface area (Å²) in [6.45, 7) is 3.40. The number of urea groups is 1. The fourth-order valence-corrected chi connectivity index (χ4v) is 5.49. The summed E-state index contributed by atoms with van der Waals surface area (Å²) in [6.07, 6.45) is 5.42. The molecule has 22 heavy (non-hydrogen) atoms. The Labute approximate surface area is 139 Å². The first-order chi connectivity index (χ1) is 10.8. The van der Waals surface area contributed by atoms with E-state index in [0.717, 1.165) is 44.8 Å². The number of carbonyl (C=O) groups excluding carboxylic acids is 1. The number of amides is 2. The maximum absolute atomic E-state index is 12.2. The van der Waals surface area contributed by atoms with Crippen molar-refractivity contribution < 1.29 is 4.79 Å². The van der Waals surface area contributed by atoms with E-state index >= 15 is 0 Å². The first-order valence-electron chi connectivity index (χ1n) is 7.86. The number of aromatic nitrogens is 3. The third kappa shape index (κ3) is 4.55. The Hall–Kier alpha value is -0.890. The highest BCUT2D eigenvalue weighted by atomic mass is 32.2. The lowest BCUT2D eigenvalue weighted by Gasteiger charge is -2.32. The van der Waals surface area contributed by atoms with Crippen molar-refractivity contribution in [2.75, 3.05) is 36.9 Å². The summed E-state index contributed by atoms with van der Waals surface area (Å²) in [7, 11) is 0.